The van der Waals surface area contributed by atoms with Gasteiger partial charge in [0.25, 0.3) is 11.8 Å². The molecule has 1 unspecified atom stereocenters. The van der Waals surface area contributed by atoms with Gasteiger partial charge in [0.15, 0.2) is 6.61 Å². The molecule has 2 amide bonds. The molecule has 114 valence electrons. The van der Waals surface area contributed by atoms with Gasteiger partial charge in [0.2, 0.25) is 0 Å². The van der Waals surface area contributed by atoms with E-state index in [-0.39, 0.29) is 25.2 Å². The Labute approximate surface area is 122 Å². The SMILES string of the molecule is NC(=O)COc1ccc(C(=O)N2CCOCC2CO)cc1. The van der Waals surface area contributed by atoms with E-state index < -0.39 is 5.91 Å². The van der Waals surface area contributed by atoms with Gasteiger partial charge in [-0.3, -0.25) is 9.59 Å². The van der Waals surface area contributed by atoms with E-state index in [1.807, 2.05) is 0 Å². The Morgan fingerprint density at radius 3 is 2.71 bits per heavy atom. The zero-order chi connectivity index (χ0) is 15.2. The summed E-state index contributed by atoms with van der Waals surface area (Å²) in [5.74, 6) is -0.265. The van der Waals surface area contributed by atoms with Crippen molar-refractivity contribution in [3.05, 3.63) is 29.8 Å². The molecule has 1 aliphatic rings. The zero-order valence-corrected chi connectivity index (χ0v) is 11.5. The summed E-state index contributed by atoms with van der Waals surface area (Å²) in [4.78, 5) is 24.6. The molecule has 2 rings (SSSR count). The first-order valence-electron chi connectivity index (χ1n) is 6.62. The van der Waals surface area contributed by atoms with Gasteiger partial charge in [-0.25, -0.2) is 0 Å². The molecule has 21 heavy (non-hydrogen) atoms. The fourth-order valence-corrected chi connectivity index (χ4v) is 2.09. The predicted octanol–water partition coefficient (Wildman–Crippen LogP) is -0.616. The van der Waals surface area contributed by atoms with E-state index in [2.05, 4.69) is 0 Å². The maximum atomic E-state index is 12.4. The van der Waals surface area contributed by atoms with Gasteiger partial charge >= 0.3 is 0 Å². The summed E-state index contributed by atoms with van der Waals surface area (Å²) in [5, 5.41) is 9.29. The summed E-state index contributed by atoms with van der Waals surface area (Å²) >= 11 is 0. The van der Waals surface area contributed by atoms with E-state index in [1.54, 1.807) is 29.2 Å². The van der Waals surface area contributed by atoms with Gasteiger partial charge in [0.05, 0.1) is 25.9 Å². The monoisotopic (exact) mass is 294 g/mol. The Balaban J connectivity index is 2.03. The van der Waals surface area contributed by atoms with Crippen LogP contribution in [0.5, 0.6) is 5.75 Å². The lowest BCUT2D eigenvalue weighted by molar-refractivity contribution is -0.119. The van der Waals surface area contributed by atoms with Crippen molar-refractivity contribution < 1.29 is 24.2 Å². The second kappa shape index (κ2) is 7.05. The van der Waals surface area contributed by atoms with Crippen LogP contribution in [0.3, 0.4) is 0 Å². The first-order chi connectivity index (χ1) is 10.1. The molecule has 3 N–H and O–H groups in total. The molecule has 1 heterocycles. The fourth-order valence-electron chi connectivity index (χ4n) is 2.09. The lowest BCUT2D eigenvalue weighted by Crippen LogP contribution is -2.50. The molecule has 1 saturated heterocycles. The number of morpholine rings is 1. The lowest BCUT2D eigenvalue weighted by Gasteiger charge is -2.34. The number of carbonyl (C=O) groups is 2. The highest BCUT2D eigenvalue weighted by Crippen LogP contribution is 2.16. The Bertz CT molecular complexity index is 503. The highest BCUT2D eigenvalue weighted by Gasteiger charge is 2.27. The van der Waals surface area contributed by atoms with Crippen LogP contribution >= 0.6 is 0 Å². The molecule has 1 fully saturated rings. The number of benzene rings is 1. The van der Waals surface area contributed by atoms with Crippen LogP contribution in [0.2, 0.25) is 0 Å². The number of ether oxygens (including phenoxy) is 2. The molecule has 7 heteroatoms. The maximum Gasteiger partial charge on any atom is 0.255 e. The van der Waals surface area contributed by atoms with E-state index in [9.17, 15) is 14.7 Å². The highest BCUT2D eigenvalue weighted by molar-refractivity contribution is 5.94. The van der Waals surface area contributed by atoms with E-state index in [0.717, 1.165) is 0 Å². The largest absolute Gasteiger partial charge is 0.484 e. The average molecular weight is 294 g/mol. The predicted molar refractivity (Wildman–Crippen MR) is 73.9 cm³/mol. The van der Waals surface area contributed by atoms with E-state index in [1.165, 1.54) is 0 Å². The number of amides is 2. The van der Waals surface area contributed by atoms with Crippen LogP contribution in [0.4, 0.5) is 0 Å². The molecule has 1 atom stereocenters. The number of hydrogen-bond donors (Lipinski definition) is 2. The van der Waals surface area contributed by atoms with Crippen molar-refractivity contribution in [3.8, 4) is 5.75 Å². The van der Waals surface area contributed by atoms with Gasteiger partial charge in [-0.1, -0.05) is 0 Å². The normalized spacial score (nSPS) is 18.3. The number of nitrogens with two attached hydrogens (primary N) is 1. The third-order valence-electron chi connectivity index (χ3n) is 3.18. The summed E-state index contributed by atoms with van der Waals surface area (Å²) < 4.78 is 10.4. The van der Waals surface area contributed by atoms with Crippen LogP contribution < -0.4 is 10.5 Å². The number of hydrogen-bond acceptors (Lipinski definition) is 5. The van der Waals surface area contributed by atoms with Crippen molar-refractivity contribution >= 4 is 11.8 Å². The van der Waals surface area contributed by atoms with Gasteiger partial charge in [0, 0.05) is 12.1 Å². The highest BCUT2D eigenvalue weighted by atomic mass is 16.5. The van der Waals surface area contributed by atoms with Crippen LogP contribution in [-0.4, -0.2) is 60.8 Å². The zero-order valence-electron chi connectivity index (χ0n) is 11.5. The summed E-state index contributed by atoms with van der Waals surface area (Å²) in [5.41, 5.74) is 5.47. The van der Waals surface area contributed by atoms with Crippen LogP contribution in [-0.2, 0) is 9.53 Å². The van der Waals surface area contributed by atoms with Gasteiger partial charge in [-0.15, -0.1) is 0 Å². The van der Waals surface area contributed by atoms with Gasteiger partial charge in [0.1, 0.15) is 5.75 Å². The molecular formula is C14H18N2O5. The topological polar surface area (TPSA) is 102 Å². The molecular weight excluding hydrogens is 276 g/mol. The third kappa shape index (κ3) is 3.93. The minimum absolute atomic E-state index is 0.133. The standard InChI is InChI=1S/C14H18N2O5/c15-13(18)9-21-12-3-1-10(2-4-12)14(19)16-5-6-20-8-11(16)7-17/h1-4,11,17H,5-9H2,(H2,15,18). The molecule has 0 radical (unpaired) electrons. The average Bonchev–Trinajstić information content (AvgIpc) is 2.52. The molecule has 0 aliphatic carbocycles. The van der Waals surface area contributed by atoms with E-state index >= 15 is 0 Å². The second-order valence-corrected chi connectivity index (χ2v) is 4.69. The van der Waals surface area contributed by atoms with Crippen molar-refractivity contribution in [2.75, 3.05) is 33.0 Å². The van der Waals surface area contributed by atoms with E-state index in [4.69, 9.17) is 15.2 Å². The van der Waals surface area contributed by atoms with Crippen molar-refractivity contribution in [2.24, 2.45) is 5.73 Å². The molecule has 7 nitrogen and oxygen atoms in total. The number of rotatable bonds is 5. The molecule has 1 aromatic carbocycles. The maximum absolute atomic E-state index is 12.4. The number of aliphatic hydroxyl groups is 1. The Morgan fingerprint density at radius 1 is 1.38 bits per heavy atom. The second-order valence-electron chi connectivity index (χ2n) is 4.69. The van der Waals surface area contributed by atoms with Crippen LogP contribution in [0.1, 0.15) is 10.4 Å². The fraction of sp³-hybridized carbons (Fsp3) is 0.429. The Morgan fingerprint density at radius 2 is 2.10 bits per heavy atom. The first-order valence-corrected chi connectivity index (χ1v) is 6.62. The summed E-state index contributed by atoms with van der Waals surface area (Å²) in [6, 6.07) is 6.11. The Kier molecular flexibility index (Phi) is 5.13. The minimum atomic E-state index is -0.561. The molecule has 0 spiro atoms. The Hall–Kier alpha value is -2.12. The summed E-state index contributed by atoms with van der Waals surface area (Å²) in [6.07, 6.45) is 0. The molecule has 1 aromatic rings. The minimum Gasteiger partial charge on any atom is -0.484 e. The molecule has 0 saturated carbocycles. The summed E-state index contributed by atoms with van der Waals surface area (Å²) in [6.45, 7) is 0.906. The smallest absolute Gasteiger partial charge is 0.255 e. The van der Waals surface area contributed by atoms with Gasteiger partial charge in [-0.05, 0) is 24.3 Å². The summed E-state index contributed by atoms with van der Waals surface area (Å²) in [7, 11) is 0. The van der Waals surface area contributed by atoms with Crippen LogP contribution in [0.15, 0.2) is 24.3 Å². The third-order valence-corrected chi connectivity index (χ3v) is 3.18. The number of primary amides is 1. The van der Waals surface area contributed by atoms with Gasteiger partial charge < -0.3 is 25.2 Å². The van der Waals surface area contributed by atoms with Crippen LogP contribution in [0, 0.1) is 0 Å². The van der Waals surface area contributed by atoms with E-state index in [0.29, 0.717) is 31.1 Å². The number of nitrogens with zero attached hydrogens (tertiary/aromatic N) is 1. The quantitative estimate of drug-likeness (QED) is 0.754. The molecule has 0 aromatic heterocycles. The van der Waals surface area contributed by atoms with Crippen LogP contribution in [0.25, 0.3) is 0 Å². The lowest BCUT2D eigenvalue weighted by atomic mass is 10.1. The van der Waals surface area contributed by atoms with Crippen molar-refractivity contribution in [1.82, 2.24) is 4.90 Å². The molecule has 0 bridgehead atoms. The van der Waals surface area contributed by atoms with Crippen molar-refractivity contribution in [3.63, 3.8) is 0 Å². The first kappa shape index (κ1) is 15.3. The van der Waals surface area contributed by atoms with Crippen molar-refractivity contribution in [2.45, 2.75) is 6.04 Å². The number of aliphatic hydroxyl groups excluding tert-OH is 1. The molecule has 1 aliphatic heterocycles. The van der Waals surface area contributed by atoms with Crippen molar-refractivity contribution in [1.29, 1.82) is 0 Å². The van der Waals surface area contributed by atoms with Gasteiger partial charge in [-0.2, -0.15) is 0 Å². The number of carbonyl (C=O) groups excluding carboxylic acids is 2.